The van der Waals surface area contributed by atoms with E-state index in [9.17, 15) is 5.11 Å². The highest BCUT2D eigenvalue weighted by atomic mass is 16.5. The molecular formula is C25H33NO2. The minimum atomic E-state index is -0.371. The Morgan fingerprint density at radius 2 is 2.00 bits per heavy atom. The molecule has 0 spiro atoms. The molecule has 0 amide bonds. The molecule has 28 heavy (non-hydrogen) atoms. The van der Waals surface area contributed by atoms with Gasteiger partial charge in [-0.15, -0.1) is 0 Å². The van der Waals surface area contributed by atoms with E-state index in [1.165, 1.54) is 47.9 Å². The largest absolute Gasteiger partial charge is 0.496 e. The van der Waals surface area contributed by atoms with Crippen molar-refractivity contribution in [3.63, 3.8) is 0 Å². The Labute approximate surface area is 168 Å². The summed E-state index contributed by atoms with van der Waals surface area (Å²) in [6.45, 7) is 0.0995. The van der Waals surface area contributed by atoms with E-state index in [1.54, 1.807) is 7.11 Å². The number of aliphatic hydroxyl groups excluding tert-OH is 1. The molecule has 0 aromatic heterocycles. The summed E-state index contributed by atoms with van der Waals surface area (Å²) in [5.74, 6) is 2.27. The highest BCUT2D eigenvalue weighted by molar-refractivity contribution is 5.37. The maximum Gasteiger partial charge on any atom is 0.122 e. The van der Waals surface area contributed by atoms with Crippen LogP contribution < -0.4 is 10.5 Å². The topological polar surface area (TPSA) is 55.5 Å². The molecule has 0 heterocycles. The summed E-state index contributed by atoms with van der Waals surface area (Å²) in [5.41, 5.74) is 11.7. The highest BCUT2D eigenvalue weighted by Gasteiger charge is 2.36. The van der Waals surface area contributed by atoms with E-state index < -0.39 is 0 Å². The predicted octanol–water partition coefficient (Wildman–Crippen LogP) is 4.39. The van der Waals surface area contributed by atoms with Crippen LogP contribution in [0.3, 0.4) is 0 Å². The van der Waals surface area contributed by atoms with Crippen LogP contribution >= 0.6 is 0 Å². The van der Waals surface area contributed by atoms with Gasteiger partial charge in [-0.3, -0.25) is 0 Å². The second-order valence-corrected chi connectivity index (χ2v) is 8.95. The van der Waals surface area contributed by atoms with E-state index in [2.05, 4.69) is 36.4 Å². The molecule has 1 saturated carbocycles. The van der Waals surface area contributed by atoms with Crippen LogP contribution in [0.15, 0.2) is 42.5 Å². The highest BCUT2D eigenvalue weighted by Crippen LogP contribution is 2.41. The van der Waals surface area contributed by atoms with E-state index in [1.807, 2.05) is 6.07 Å². The van der Waals surface area contributed by atoms with Crippen LogP contribution in [-0.2, 0) is 19.3 Å². The summed E-state index contributed by atoms with van der Waals surface area (Å²) >= 11 is 0. The van der Waals surface area contributed by atoms with E-state index in [4.69, 9.17) is 10.5 Å². The number of benzene rings is 2. The second kappa shape index (κ2) is 8.26. The van der Waals surface area contributed by atoms with Gasteiger partial charge in [-0.05, 0) is 91.5 Å². The van der Waals surface area contributed by atoms with Crippen molar-refractivity contribution in [1.29, 1.82) is 0 Å². The number of fused-ring (bicyclic) bond motifs is 1. The third-order valence-electron chi connectivity index (χ3n) is 7.01. The van der Waals surface area contributed by atoms with Gasteiger partial charge in [0.15, 0.2) is 0 Å². The van der Waals surface area contributed by atoms with Gasteiger partial charge >= 0.3 is 0 Å². The average Bonchev–Trinajstić information content (AvgIpc) is 3.14. The molecule has 3 N–H and O–H groups in total. The molecule has 1 unspecified atom stereocenters. The quantitative estimate of drug-likeness (QED) is 0.783. The van der Waals surface area contributed by atoms with Crippen molar-refractivity contribution in [3.8, 4) is 5.75 Å². The lowest BCUT2D eigenvalue weighted by Gasteiger charge is -2.26. The first-order valence-corrected chi connectivity index (χ1v) is 10.7. The lowest BCUT2D eigenvalue weighted by Crippen LogP contribution is -2.40. The van der Waals surface area contributed by atoms with Crippen molar-refractivity contribution in [2.24, 2.45) is 11.7 Å². The van der Waals surface area contributed by atoms with Crippen molar-refractivity contribution in [2.75, 3.05) is 13.7 Å². The zero-order valence-corrected chi connectivity index (χ0v) is 17.0. The van der Waals surface area contributed by atoms with E-state index >= 15 is 0 Å². The van der Waals surface area contributed by atoms with E-state index in [0.29, 0.717) is 5.92 Å². The molecule has 1 fully saturated rings. The van der Waals surface area contributed by atoms with Crippen molar-refractivity contribution in [2.45, 2.75) is 62.8 Å². The van der Waals surface area contributed by atoms with Crippen molar-refractivity contribution in [1.82, 2.24) is 0 Å². The minimum Gasteiger partial charge on any atom is -0.496 e. The first kappa shape index (κ1) is 19.5. The molecule has 150 valence electrons. The van der Waals surface area contributed by atoms with Crippen LogP contribution in [0.2, 0.25) is 0 Å². The van der Waals surface area contributed by atoms with Crippen molar-refractivity contribution < 1.29 is 9.84 Å². The van der Waals surface area contributed by atoms with Crippen LogP contribution in [0.25, 0.3) is 0 Å². The van der Waals surface area contributed by atoms with Gasteiger partial charge < -0.3 is 15.6 Å². The zero-order chi connectivity index (χ0) is 19.6. The van der Waals surface area contributed by atoms with E-state index in [-0.39, 0.29) is 12.1 Å². The Balaban J connectivity index is 1.38. The third kappa shape index (κ3) is 4.11. The third-order valence-corrected chi connectivity index (χ3v) is 7.01. The van der Waals surface area contributed by atoms with Crippen LogP contribution in [0.1, 0.15) is 60.3 Å². The molecule has 0 radical (unpaired) electrons. The molecule has 3 heteroatoms. The maximum absolute atomic E-state index is 9.54. The van der Waals surface area contributed by atoms with Crippen molar-refractivity contribution in [3.05, 3.63) is 64.7 Å². The Hall–Kier alpha value is -1.84. The summed E-state index contributed by atoms with van der Waals surface area (Å²) in [6.07, 6.45) is 8.87. The lowest BCUT2D eigenvalue weighted by molar-refractivity contribution is 0.198. The molecule has 3 atom stereocenters. The Morgan fingerprint density at radius 1 is 1.14 bits per heavy atom. The van der Waals surface area contributed by atoms with Crippen LogP contribution in [0, 0.1) is 5.92 Å². The molecule has 4 rings (SSSR count). The summed E-state index contributed by atoms with van der Waals surface area (Å²) in [5, 5.41) is 9.54. The minimum absolute atomic E-state index is 0.0995. The Bertz CT molecular complexity index is 818. The number of aryl methyl sites for hydroxylation is 2. The fourth-order valence-electron chi connectivity index (χ4n) is 5.20. The molecule has 2 aliphatic rings. The smallest absolute Gasteiger partial charge is 0.122 e. The standard InChI is InChI=1S/C25H33NO2/c1-28-24-5-3-2-4-19(24)8-6-18-7-9-21-15-22(11-10-20(21)14-18)23-12-13-25(26,16-23)17-27/h2-5,10-11,15,18,23,27H,6-9,12-14,16-17,26H2,1H3/t18?,23-,25+/m0/s1. The first-order valence-electron chi connectivity index (χ1n) is 10.7. The fraction of sp³-hybridized carbons (Fsp3) is 0.520. The van der Waals surface area contributed by atoms with Gasteiger partial charge in [-0.2, -0.15) is 0 Å². The molecule has 0 saturated heterocycles. The predicted molar refractivity (Wildman–Crippen MR) is 114 cm³/mol. The number of hydrogen-bond acceptors (Lipinski definition) is 3. The van der Waals surface area contributed by atoms with Gasteiger partial charge in [0.05, 0.1) is 13.7 Å². The number of aliphatic hydroxyl groups is 1. The molecular weight excluding hydrogens is 346 g/mol. The molecule has 0 bridgehead atoms. The average molecular weight is 380 g/mol. The van der Waals surface area contributed by atoms with Crippen LogP contribution in [-0.4, -0.2) is 24.4 Å². The van der Waals surface area contributed by atoms with Crippen LogP contribution in [0.5, 0.6) is 5.75 Å². The lowest BCUT2D eigenvalue weighted by atomic mass is 9.79. The number of ether oxygens (including phenoxy) is 1. The summed E-state index contributed by atoms with van der Waals surface area (Å²) in [4.78, 5) is 0. The zero-order valence-electron chi connectivity index (χ0n) is 17.0. The number of hydrogen-bond donors (Lipinski definition) is 2. The number of nitrogens with two attached hydrogens (primary N) is 1. The number of methoxy groups -OCH3 is 1. The SMILES string of the molecule is COc1ccccc1CCC1CCc2cc([C@H]3CC[C@](N)(CO)C3)ccc2C1. The monoisotopic (exact) mass is 379 g/mol. The number of para-hydroxylation sites is 1. The number of rotatable bonds is 6. The van der Waals surface area contributed by atoms with Gasteiger partial charge in [-0.1, -0.05) is 36.4 Å². The Morgan fingerprint density at radius 3 is 2.79 bits per heavy atom. The molecule has 2 aliphatic carbocycles. The summed E-state index contributed by atoms with van der Waals surface area (Å²) in [7, 11) is 1.76. The normalized spacial score (nSPS) is 26.8. The summed E-state index contributed by atoms with van der Waals surface area (Å²) in [6, 6.07) is 15.5. The fourth-order valence-corrected chi connectivity index (χ4v) is 5.20. The van der Waals surface area contributed by atoms with Crippen molar-refractivity contribution >= 4 is 0 Å². The van der Waals surface area contributed by atoms with Crippen LogP contribution in [0.4, 0.5) is 0 Å². The molecule has 3 nitrogen and oxygen atoms in total. The molecule has 2 aromatic rings. The van der Waals surface area contributed by atoms with Gasteiger partial charge in [-0.25, -0.2) is 0 Å². The van der Waals surface area contributed by atoms with Gasteiger partial charge in [0.2, 0.25) is 0 Å². The molecule has 0 aliphatic heterocycles. The summed E-state index contributed by atoms with van der Waals surface area (Å²) < 4.78 is 5.50. The van der Waals surface area contributed by atoms with E-state index in [0.717, 1.165) is 37.4 Å². The second-order valence-electron chi connectivity index (χ2n) is 8.95. The van der Waals surface area contributed by atoms with Gasteiger partial charge in [0.25, 0.3) is 0 Å². The van der Waals surface area contributed by atoms with Gasteiger partial charge in [0, 0.05) is 5.54 Å². The van der Waals surface area contributed by atoms with Gasteiger partial charge in [0.1, 0.15) is 5.75 Å². The first-order chi connectivity index (χ1) is 13.6. The molecule has 2 aromatic carbocycles. The maximum atomic E-state index is 9.54. The Kier molecular flexibility index (Phi) is 5.75.